The zero-order valence-corrected chi connectivity index (χ0v) is 24.5. The number of carboxylic acid groups (broad SMARTS) is 1. The number of rotatable bonds is 8. The number of hydrogen-bond acceptors (Lipinski definition) is 7. The van der Waals surface area contributed by atoms with Gasteiger partial charge < -0.3 is 15.8 Å². The van der Waals surface area contributed by atoms with Crippen molar-refractivity contribution in [1.29, 1.82) is 0 Å². The largest absolute Gasteiger partial charge is 0.480 e. The molecule has 10 heteroatoms. The van der Waals surface area contributed by atoms with E-state index in [1.54, 1.807) is 12.2 Å². The summed E-state index contributed by atoms with van der Waals surface area (Å²) in [6.45, 7) is 12.2. The molecule has 0 saturated carbocycles. The van der Waals surface area contributed by atoms with Gasteiger partial charge in [-0.1, -0.05) is 56.7 Å². The second-order valence-electron chi connectivity index (χ2n) is 11.5. The van der Waals surface area contributed by atoms with Crippen molar-refractivity contribution in [3.05, 3.63) is 81.6 Å². The van der Waals surface area contributed by atoms with Crippen LogP contribution in [-0.2, 0) is 27.8 Å². The molecule has 1 aliphatic heterocycles. The summed E-state index contributed by atoms with van der Waals surface area (Å²) in [4.78, 5) is 10.3. The highest BCUT2D eigenvalue weighted by Crippen LogP contribution is 2.35. The molecule has 1 heterocycles. The van der Waals surface area contributed by atoms with Crippen LogP contribution >= 0.6 is 0 Å². The van der Waals surface area contributed by atoms with Gasteiger partial charge in [0.15, 0.2) is 0 Å². The molecule has 0 saturated heterocycles. The van der Waals surface area contributed by atoms with Gasteiger partial charge in [-0.05, 0) is 73.8 Å². The van der Waals surface area contributed by atoms with Crippen LogP contribution in [0.15, 0.2) is 64.9 Å². The van der Waals surface area contributed by atoms with E-state index >= 15 is 0 Å². The van der Waals surface area contributed by atoms with E-state index in [1.165, 1.54) is 53.8 Å². The number of aryl methyl sites for hydroxylation is 1. The standard InChI is InChI=1S/C19H30N4.C10H13NO4S/c1-14-12-23(22-21-14)18-7-5-6-16-10-15(8-9-17(16)18)11-20-13-19(2,3)4;1-8-3-2-4-9(6-5-8)16(14,15)11-7-10(12)13/h8-10,12,18,20-22H,5-7,11,13H2,1-4H3;2,4-6,11H,3,7H2,1H3,(H,12,13). The molecule has 0 aromatic heterocycles. The van der Waals surface area contributed by atoms with E-state index in [-0.39, 0.29) is 4.91 Å². The molecule has 5 N–H and O–H groups in total. The van der Waals surface area contributed by atoms with E-state index in [4.69, 9.17) is 5.11 Å². The Morgan fingerprint density at radius 3 is 2.64 bits per heavy atom. The van der Waals surface area contributed by atoms with E-state index < -0.39 is 22.5 Å². The van der Waals surface area contributed by atoms with Gasteiger partial charge in [0.2, 0.25) is 10.0 Å². The first-order valence-electron chi connectivity index (χ1n) is 13.4. The molecule has 4 rings (SSSR count). The fourth-order valence-corrected chi connectivity index (χ4v) is 5.55. The molecular formula is C29H43N5O4S. The lowest BCUT2D eigenvalue weighted by Gasteiger charge is -2.32. The number of aliphatic carboxylic acids is 1. The first-order chi connectivity index (χ1) is 18.3. The molecular weight excluding hydrogens is 514 g/mol. The Kier molecular flexibility index (Phi) is 10.5. The average molecular weight is 558 g/mol. The van der Waals surface area contributed by atoms with Crippen LogP contribution < -0.4 is 21.0 Å². The third-order valence-electron chi connectivity index (χ3n) is 6.50. The van der Waals surface area contributed by atoms with E-state index in [1.807, 2.05) is 11.6 Å². The van der Waals surface area contributed by atoms with Crippen LogP contribution in [0.4, 0.5) is 0 Å². The molecule has 0 amide bonds. The highest BCUT2D eigenvalue weighted by atomic mass is 32.2. The van der Waals surface area contributed by atoms with Crippen LogP contribution in [0, 0.1) is 5.41 Å². The van der Waals surface area contributed by atoms with Crippen LogP contribution in [-0.4, -0.2) is 37.6 Å². The first-order valence-corrected chi connectivity index (χ1v) is 14.9. The maximum atomic E-state index is 11.6. The Balaban J connectivity index is 0.000000231. The van der Waals surface area contributed by atoms with Crippen LogP contribution in [0.1, 0.15) is 76.6 Å². The summed E-state index contributed by atoms with van der Waals surface area (Å²) in [6, 6.07) is 7.45. The van der Waals surface area contributed by atoms with Crippen molar-refractivity contribution in [2.24, 2.45) is 5.41 Å². The molecule has 2 aliphatic carbocycles. The summed E-state index contributed by atoms with van der Waals surface area (Å²) >= 11 is 0. The van der Waals surface area contributed by atoms with Crippen molar-refractivity contribution >= 4 is 16.0 Å². The van der Waals surface area contributed by atoms with E-state index in [2.05, 4.69) is 73.4 Å². The number of carbonyl (C=O) groups is 1. The number of benzene rings is 1. The van der Waals surface area contributed by atoms with Gasteiger partial charge in [-0.15, -0.1) is 5.53 Å². The van der Waals surface area contributed by atoms with Gasteiger partial charge in [-0.25, -0.2) is 8.42 Å². The number of sulfonamides is 1. The minimum atomic E-state index is -3.73. The molecule has 1 unspecified atom stereocenters. The molecule has 9 nitrogen and oxygen atoms in total. The molecule has 39 heavy (non-hydrogen) atoms. The van der Waals surface area contributed by atoms with Gasteiger partial charge in [0.25, 0.3) is 0 Å². The Bertz CT molecular complexity index is 1260. The van der Waals surface area contributed by atoms with Crippen LogP contribution in [0.25, 0.3) is 0 Å². The van der Waals surface area contributed by atoms with Crippen LogP contribution in [0.3, 0.4) is 0 Å². The van der Waals surface area contributed by atoms with Gasteiger partial charge in [0, 0.05) is 25.0 Å². The lowest BCUT2D eigenvalue weighted by Crippen LogP contribution is -2.39. The SMILES string of the molecule is CC1=CC=C(S(=O)(=O)NCC(=O)O)C=CC1.CC1=CN(C2CCCc3cc(CNCC(C)(C)C)ccc32)NN1. The Morgan fingerprint density at radius 2 is 1.97 bits per heavy atom. The number of carboxylic acids is 1. The van der Waals surface area contributed by atoms with Crippen molar-refractivity contribution < 1.29 is 18.3 Å². The molecule has 3 aliphatic rings. The number of hydrazine groups is 2. The minimum Gasteiger partial charge on any atom is -0.480 e. The monoisotopic (exact) mass is 557 g/mol. The van der Waals surface area contributed by atoms with Gasteiger partial charge >= 0.3 is 5.97 Å². The molecule has 0 bridgehead atoms. The maximum Gasteiger partial charge on any atom is 0.318 e. The zero-order valence-electron chi connectivity index (χ0n) is 23.7. The van der Waals surface area contributed by atoms with Gasteiger partial charge in [-0.2, -0.15) is 4.72 Å². The number of nitrogens with one attached hydrogen (secondary N) is 4. The molecule has 214 valence electrons. The van der Waals surface area contributed by atoms with Crippen LogP contribution in [0.2, 0.25) is 0 Å². The molecule has 1 aromatic rings. The van der Waals surface area contributed by atoms with Gasteiger partial charge in [0.1, 0.15) is 6.54 Å². The predicted octanol–water partition coefficient (Wildman–Crippen LogP) is 4.17. The summed E-state index contributed by atoms with van der Waals surface area (Å²) in [5, 5.41) is 14.2. The summed E-state index contributed by atoms with van der Waals surface area (Å²) in [7, 11) is -3.73. The van der Waals surface area contributed by atoms with E-state index in [0.717, 1.165) is 18.7 Å². The quantitative estimate of drug-likeness (QED) is 0.323. The molecule has 0 radical (unpaired) electrons. The highest BCUT2D eigenvalue weighted by molar-refractivity contribution is 7.93. The maximum absolute atomic E-state index is 11.6. The molecule has 0 spiro atoms. The second kappa shape index (κ2) is 13.4. The Hall–Kier alpha value is -2.92. The lowest BCUT2D eigenvalue weighted by atomic mass is 9.86. The third kappa shape index (κ3) is 9.65. The van der Waals surface area contributed by atoms with Crippen molar-refractivity contribution in [2.45, 2.75) is 72.9 Å². The number of hydrogen-bond donors (Lipinski definition) is 5. The van der Waals surface area contributed by atoms with Crippen molar-refractivity contribution in [3.8, 4) is 0 Å². The summed E-state index contributed by atoms with van der Waals surface area (Å²) < 4.78 is 25.2. The predicted molar refractivity (Wildman–Crippen MR) is 155 cm³/mol. The van der Waals surface area contributed by atoms with E-state index in [0.29, 0.717) is 17.9 Å². The molecule has 1 aromatic carbocycles. The molecule has 1 atom stereocenters. The number of fused-ring (bicyclic) bond motifs is 1. The van der Waals surface area contributed by atoms with Crippen molar-refractivity contribution in [1.82, 2.24) is 26.0 Å². The van der Waals surface area contributed by atoms with Crippen LogP contribution in [0.5, 0.6) is 0 Å². The van der Waals surface area contributed by atoms with Crippen molar-refractivity contribution in [2.75, 3.05) is 13.1 Å². The third-order valence-corrected chi connectivity index (χ3v) is 7.92. The first kappa shape index (κ1) is 30.6. The number of allylic oxidation sites excluding steroid dienone is 6. The topological polar surface area (TPSA) is 123 Å². The zero-order chi connectivity index (χ0) is 28.6. The summed E-state index contributed by atoms with van der Waals surface area (Å²) in [6.07, 6.45) is 12.9. The second-order valence-corrected chi connectivity index (χ2v) is 13.2. The van der Waals surface area contributed by atoms with E-state index in [9.17, 15) is 13.2 Å². The normalized spacial score (nSPS) is 19.1. The van der Waals surface area contributed by atoms with Crippen molar-refractivity contribution in [3.63, 3.8) is 0 Å². The minimum absolute atomic E-state index is 0.0746. The Labute approximate surface area is 233 Å². The van der Waals surface area contributed by atoms with Gasteiger partial charge in [-0.3, -0.25) is 9.80 Å². The number of nitrogens with zero attached hydrogens (tertiary/aromatic N) is 1. The highest BCUT2D eigenvalue weighted by Gasteiger charge is 2.26. The summed E-state index contributed by atoms with van der Waals surface area (Å²) in [5.41, 5.74) is 13.4. The fraction of sp³-hybridized carbons (Fsp3) is 0.483. The van der Waals surface area contributed by atoms with Gasteiger partial charge in [0.05, 0.1) is 10.9 Å². The summed E-state index contributed by atoms with van der Waals surface area (Å²) in [5.74, 6) is -1.21. The Morgan fingerprint density at radius 1 is 1.21 bits per heavy atom. The molecule has 0 fully saturated rings. The fourth-order valence-electron chi connectivity index (χ4n) is 4.54. The smallest absolute Gasteiger partial charge is 0.318 e. The lowest BCUT2D eigenvalue weighted by molar-refractivity contribution is -0.135. The average Bonchev–Trinajstić information content (AvgIpc) is 3.17.